The molecule has 0 saturated heterocycles. The van der Waals surface area contributed by atoms with Gasteiger partial charge in [0, 0.05) is 24.2 Å². The molecule has 0 spiro atoms. The van der Waals surface area contributed by atoms with Crippen molar-refractivity contribution < 1.29 is 4.74 Å². The zero-order valence-electron chi connectivity index (χ0n) is 13.0. The lowest BCUT2D eigenvalue weighted by atomic mass is 10.0. The van der Waals surface area contributed by atoms with Gasteiger partial charge in [-0.05, 0) is 32.9 Å². The summed E-state index contributed by atoms with van der Waals surface area (Å²) < 4.78 is 7.72. The Labute approximate surface area is 126 Å². The smallest absolute Gasteiger partial charge is 0.124 e. The van der Waals surface area contributed by atoms with Crippen LogP contribution in [0.2, 0.25) is 0 Å². The van der Waals surface area contributed by atoms with E-state index < -0.39 is 0 Å². The van der Waals surface area contributed by atoms with Gasteiger partial charge in [-0.15, -0.1) is 0 Å². The van der Waals surface area contributed by atoms with Gasteiger partial charge in [-0.2, -0.15) is 5.10 Å². The molecule has 2 rings (SSSR count). The predicted octanol–water partition coefficient (Wildman–Crippen LogP) is 2.36. The molecule has 0 aliphatic carbocycles. The second-order valence-corrected chi connectivity index (χ2v) is 4.99. The Balaban J connectivity index is 2.27. The summed E-state index contributed by atoms with van der Waals surface area (Å²) >= 11 is 0. The number of nitrogens with one attached hydrogen (secondary N) is 1. The van der Waals surface area contributed by atoms with Crippen LogP contribution in [-0.2, 0) is 13.0 Å². The van der Waals surface area contributed by atoms with Crippen molar-refractivity contribution in [2.24, 2.45) is 5.84 Å². The number of nitrogens with zero attached hydrogens (tertiary/aromatic N) is 2. The molecule has 21 heavy (non-hydrogen) atoms. The van der Waals surface area contributed by atoms with Crippen LogP contribution in [0.3, 0.4) is 0 Å². The Morgan fingerprint density at radius 2 is 2.10 bits per heavy atom. The van der Waals surface area contributed by atoms with Crippen LogP contribution in [0.5, 0.6) is 5.75 Å². The Kier molecular flexibility index (Phi) is 5.36. The topological polar surface area (TPSA) is 65.1 Å². The molecule has 0 saturated carbocycles. The Bertz CT molecular complexity index is 579. The van der Waals surface area contributed by atoms with Gasteiger partial charge in [-0.3, -0.25) is 16.0 Å². The van der Waals surface area contributed by atoms with Gasteiger partial charge in [0.2, 0.25) is 0 Å². The van der Waals surface area contributed by atoms with E-state index in [1.807, 2.05) is 36.7 Å². The highest BCUT2D eigenvalue weighted by Gasteiger charge is 2.17. The van der Waals surface area contributed by atoms with E-state index in [0.717, 1.165) is 30.0 Å². The zero-order valence-corrected chi connectivity index (χ0v) is 13.0. The average Bonchev–Trinajstić information content (AvgIpc) is 2.86. The number of rotatable bonds is 7. The maximum atomic E-state index is 5.78. The van der Waals surface area contributed by atoms with Crippen LogP contribution in [0.4, 0.5) is 0 Å². The second-order valence-electron chi connectivity index (χ2n) is 4.99. The third kappa shape index (κ3) is 3.62. The second kappa shape index (κ2) is 7.24. The van der Waals surface area contributed by atoms with Crippen molar-refractivity contribution in [2.75, 3.05) is 6.61 Å². The number of hydrogen-bond acceptors (Lipinski definition) is 4. The van der Waals surface area contributed by atoms with Crippen molar-refractivity contribution >= 4 is 0 Å². The van der Waals surface area contributed by atoms with Crippen molar-refractivity contribution in [3.05, 3.63) is 47.3 Å². The van der Waals surface area contributed by atoms with Gasteiger partial charge in [0.25, 0.3) is 0 Å². The molecule has 1 aromatic carbocycles. The molecule has 1 aromatic heterocycles. The summed E-state index contributed by atoms with van der Waals surface area (Å²) in [7, 11) is 0. The lowest BCUT2D eigenvalue weighted by Gasteiger charge is -2.20. The van der Waals surface area contributed by atoms with Gasteiger partial charge in [-0.1, -0.05) is 18.2 Å². The molecule has 5 nitrogen and oxygen atoms in total. The van der Waals surface area contributed by atoms with E-state index in [4.69, 9.17) is 10.6 Å². The molecule has 2 aromatic rings. The average molecular weight is 288 g/mol. The van der Waals surface area contributed by atoms with E-state index in [9.17, 15) is 0 Å². The van der Waals surface area contributed by atoms with Crippen LogP contribution in [0, 0.1) is 6.92 Å². The van der Waals surface area contributed by atoms with Gasteiger partial charge >= 0.3 is 0 Å². The molecule has 1 unspecified atom stereocenters. The predicted molar refractivity (Wildman–Crippen MR) is 84.0 cm³/mol. The zero-order chi connectivity index (χ0) is 15.2. The summed E-state index contributed by atoms with van der Waals surface area (Å²) in [4.78, 5) is 0. The molecule has 0 bridgehead atoms. The molecule has 1 atom stereocenters. The molecule has 0 aliphatic heterocycles. The van der Waals surface area contributed by atoms with Crippen molar-refractivity contribution in [1.82, 2.24) is 15.2 Å². The number of hydrogen-bond donors (Lipinski definition) is 2. The summed E-state index contributed by atoms with van der Waals surface area (Å²) in [5.41, 5.74) is 6.18. The SMILES string of the molecule is CCOc1ccccc1C(Cc1cc(C)nn1CC)NN. The minimum Gasteiger partial charge on any atom is -0.494 e. The minimum absolute atomic E-state index is 0.00542. The first-order chi connectivity index (χ1) is 10.2. The van der Waals surface area contributed by atoms with Crippen LogP contribution in [0.15, 0.2) is 30.3 Å². The molecular weight excluding hydrogens is 264 g/mol. The molecular formula is C16H24N4O. The van der Waals surface area contributed by atoms with Gasteiger partial charge < -0.3 is 4.74 Å². The molecule has 0 amide bonds. The number of aryl methyl sites for hydroxylation is 2. The standard InChI is InChI=1S/C16H24N4O/c1-4-20-13(10-12(3)19-20)11-15(18-17)14-8-6-7-9-16(14)21-5-2/h6-10,15,18H,4-5,11,17H2,1-3H3. The van der Waals surface area contributed by atoms with E-state index in [0.29, 0.717) is 6.61 Å². The van der Waals surface area contributed by atoms with Crippen LogP contribution in [0.25, 0.3) is 0 Å². The Morgan fingerprint density at radius 3 is 2.76 bits per heavy atom. The fraction of sp³-hybridized carbons (Fsp3) is 0.438. The molecule has 3 N–H and O–H groups in total. The number of para-hydroxylation sites is 1. The number of nitrogens with two attached hydrogens (primary N) is 1. The highest BCUT2D eigenvalue weighted by molar-refractivity contribution is 5.36. The van der Waals surface area contributed by atoms with Crippen LogP contribution >= 0.6 is 0 Å². The van der Waals surface area contributed by atoms with Crippen molar-refractivity contribution in [3.63, 3.8) is 0 Å². The number of hydrazine groups is 1. The fourth-order valence-corrected chi connectivity index (χ4v) is 2.56. The van der Waals surface area contributed by atoms with Crippen LogP contribution in [0.1, 0.15) is 36.8 Å². The molecule has 0 fully saturated rings. The highest BCUT2D eigenvalue weighted by Crippen LogP contribution is 2.27. The summed E-state index contributed by atoms with van der Waals surface area (Å²) in [6, 6.07) is 10.1. The van der Waals surface area contributed by atoms with E-state index >= 15 is 0 Å². The van der Waals surface area contributed by atoms with E-state index in [-0.39, 0.29) is 6.04 Å². The first kappa shape index (κ1) is 15.5. The molecule has 0 aliphatic rings. The minimum atomic E-state index is -0.00542. The van der Waals surface area contributed by atoms with Gasteiger partial charge in [0.05, 0.1) is 18.3 Å². The van der Waals surface area contributed by atoms with Crippen LogP contribution in [-0.4, -0.2) is 16.4 Å². The van der Waals surface area contributed by atoms with E-state index in [1.54, 1.807) is 0 Å². The van der Waals surface area contributed by atoms with Crippen molar-refractivity contribution in [2.45, 2.75) is 39.8 Å². The van der Waals surface area contributed by atoms with Crippen molar-refractivity contribution in [3.8, 4) is 5.75 Å². The number of benzene rings is 1. The Morgan fingerprint density at radius 1 is 1.33 bits per heavy atom. The largest absolute Gasteiger partial charge is 0.494 e. The number of aromatic nitrogens is 2. The third-order valence-electron chi connectivity index (χ3n) is 3.49. The molecule has 114 valence electrons. The van der Waals surface area contributed by atoms with Crippen LogP contribution < -0.4 is 16.0 Å². The van der Waals surface area contributed by atoms with Gasteiger partial charge in [0.15, 0.2) is 0 Å². The fourth-order valence-electron chi connectivity index (χ4n) is 2.56. The lowest BCUT2D eigenvalue weighted by Crippen LogP contribution is -2.30. The van der Waals surface area contributed by atoms with Gasteiger partial charge in [0.1, 0.15) is 5.75 Å². The van der Waals surface area contributed by atoms with E-state index in [1.165, 1.54) is 5.69 Å². The Hall–Kier alpha value is -1.85. The first-order valence-electron chi connectivity index (χ1n) is 7.40. The van der Waals surface area contributed by atoms with Gasteiger partial charge in [-0.25, -0.2) is 0 Å². The quantitative estimate of drug-likeness (QED) is 0.606. The first-order valence-corrected chi connectivity index (χ1v) is 7.40. The molecule has 0 radical (unpaired) electrons. The maximum Gasteiger partial charge on any atom is 0.124 e. The number of ether oxygens (including phenoxy) is 1. The van der Waals surface area contributed by atoms with E-state index in [2.05, 4.69) is 29.6 Å². The molecule has 1 heterocycles. The monoisotopic (exact) mass is 288 g/mol. The summed E-state index contributed by atoms with van der Waals surface area (Å²) in [6.45, 7) is 7.58. The highest BCUT2D eigenvalue weighted by atomic mass is 16.5. The third-order valence-corrected chi connectivity index (χ3v) is 3.49. The summed E-state index contributed by atoms with van der Waals surface area (Å²) in [6.07, 6.45) is 0.773. The summed E-state index contributed by atoms with van der Waals surface area (Å²) in [5, 5.41) is 4.49. The summed E-state index contributed by atoms with van der Waals surface area (Å²) in [5.74, 6) is 6.66. The maximum absolute atomic E-state index is 5.78. The van der Waals surface area contributed by atoms with Crippen molar-refractivity contribution in [1.29, 1.82) is 0 Å². The lowest BCUT2D eigenvalue weighted by molar-refractivity contribution is 0.330. The normalized spacial score (nSPS) is 12.4. The molecule has 5 heteroatoms.